The Bertz CT molecular complexity index is 480. The van der Waals surface area contributed by atoms with Crippen molar-refractivity contribution < 1.29 is 19.4 Å². The molecule has 0 aromatic heterocycles. The van der Waals surface area contributed by atoms with Crippen LogP contribution in [-0.4, -0.2) is 31.6 Å². The summed E-state index contributed by atoms with van der Waals surface area (Å²) in [5.74, 6) is 0.374. The first-order valence-corrected chi connectivity index (χ1v) is 6.86. The number of carbonyl (C=O) groups is 1. The van der Waals surface area contributed by atoms with E-state index in [0.717, 1.165) is 4.90 Å². The Morgan fingerprint density at radius 3 is 2.28 bits per heavy atom. The molecule has 1 N–H and O–H groups in total. The number of hydrogen-bond acceptors (Lipinski definition) is 4. The highest BCUT2D eigenvalue weighted by atomic mass is 32.2. The lowest BCUT2D eigenvalue weighted by molar-refractivity contribution is -0.140. The van der Waals surface area contributed by atoms with Crippen LogP contribution in [0.2, 0.25) is 0 Å². The number of benzene rings is 1. The monoisotopic (exact) mass is 268 g/mol. The zero-order valence-corrected chi connectivity index (χ0v) is 11.5. The van der Waals surface area contributed by atoms with Crippen molar-refractivity contribution in [2.45, 2.75) is 23.2 Å². The Labute approximate surface area is 110 Å². The van der Waals surface area contributed by atoms with Crippen molar-refractivity contribution in [3.8, 4) is 11.5 Å². The number of ether oxygens (including phenoxy) is 2. The van der Waals surface area contributed by atoms with Gasteiger partial charge in [0.1, 0.15) is 0 Å². The van der Waals surface area contributed by atoms with E-state index in [1.54, 1.807) is 26.0 Å². The second kappa shape index (κ2) is 4.72. The minimum atomic E-state index is -0.792. The Balaban J connectivity index is 2.59. The summed E-state index contributed by atoms with van der Waals surface area (Å²) in [6.07, 6.45) is 3.25. The Hall–Kier alpha value is -1.36. The third kappa shape index (κ3) is 1.82. The zero-order valence-electron chi connectivity index (χ0n) is 10.6. The molecular weight excluding hydrogens is 252 g/mol. The van der Waals surface area contributed by atoms with Crippen LogP contribution in [0.1, 0.15) is 18.4 Å². The summed E-state index contributed by atoms with van der Waals surface area (Å²) in [4.78, 5) is 12.3. The fourth-order valence-electron chi connectivity index (χ4n) is 2.20. The maximum absolute atomic E-state index is 11.4. The summed E-state index contributed by atoms with van der Waals surface area (Å²) < 4.78 is 10.7. The molecule has 0 spiro atoms. The minimum absolute atomic E-state index is 0.546. The van der Waals surface area contributed by atoms with E-state index in [4.69, 9.17) is 9.47 Å². The van der Waals surface area contributed by atoms with E-state index in [-0.39, 0.29) is 0 Å². The number of methoxy groups -OCH3 is 2. The average molecular weight is 268 g/mol. The zero-order chi connectivity index (χ0) is 13.3. The number of aliphatic carboxylic acids is 1. The van der Waals surface area contributed by atoms with Gasteiger partial charge in [0.15, 0.2) is 11.5 Å². The van der Waals surface area contributed by atoms with Crippen molar-refractivity contribution in [1.82, 2.24) is 0 Å². The first-order chi connectivity index (χ1) is 8.60. The topological polar surface area (TPSA) is 55.8 Å². The van der Waals surface area contributed by atoms with Crippen LogP contribution in [0.5, 0.6) is 11.5 Å². The molecule has 1 aliphatic carbocycles. The van der Waals surface area contributed by atoms with Crippen LogP contribution in [0.25, 0.3) is 0 Å². The van der Waals surface area contributed by atoms with Gasteiger partial charge in [0.2, 0.25) is 0 Å². The van der Waals surface area contributed by atoms with E-state index in [0.29, 0.717) is 29.9 Å². The van der Waals surface area contributed by atoms with Crippen molar-refractivity contribution in [1.29, 1.82) is 0 Å². The van der Waals surface area contributed by atoms with Crippen LogP contribution in [0, 0.1) is 0 Å². The molecular formula is C13H16O4S. The van der Waals surface area contributed by atoms with Gasteiger partial charge in [-0.15, -0.1) is 11.8 Å². The molecule has 2 rings (SSSR count). The molecule has 0 radical (unpaired) electrons. The number of thioether (sulfide) groups is 1. The predicted octanol–water partition coefficient (Wildman–Crippen LogP) is 2.54. The molecule has 0 atom stereocenters. The summed E-state index contributed by atoms with van der Waals surface area (Å²) in [6.45, 7) is 0. The average Bonchev–Trinajstić information content (AvgIpc) is 3.18. The van der Waals surface area contributed by atoms with Gasteiger partial charge < -0.3 is 14.6 Å². The van der Waals surface area contributed by atoms with E-state index >= 15 is 0 Å². The van der Waals surface area contributed by atoms with E-state index in [2.05, 4.69) is 0 Å². The predicted molar refractivity (Wildman–Crippen MR) is 69.9 cm³/mol. The number of hydrogen-bond donors (Lipinski definition) is 1. The largest absolute Gasteiger partial charge is 0.492 e. The fourth-order valence-corrected chi connectivity index (χ4v) is 2.77. The lowest BCUT2D eigenvalue weighted by Gasteiger charge is -2.19. The molecule has 1 aromatic rings. The third-order valence-electron chi connectivity index (χ3n) is 3.38. The number of rotatable bonds is 5. The van der Waals surface area contributed by atoms with Crippen molar-refractivity contribution in [2.24, 2.45) is 0 Å². The smallest absolute Gasteiger partial charge is 0.314 e. The molecule has 0 bridgehead atoms. The minimum Gasteiger partial charge on any atom is -0.492 e. The second-order valence-electron chi connectivity index (χ2n) is 4.27. The van der Waals surface area contributed by atoms with Crippen LogP contribution in [0.4, 0.5) is 0 Å². The van der Waals surface area contributed by atoms with E-state index in [1.165, 1.54) is 0 Å². The molecule has 0 aliphatic heterocycles. The summed E-state index contributed by atoms with van der Waals surface area (Å²) >= 11 is 1.55. The highest BCUT2D eigenvalue weighted by molar-refractivity contribution is 7.98. The van der Waals surface area contributed by atoms with Gasteiger partial charge in [0.05, 0.1) is 24.5 Å². The summed E-state index contributed by atoms with van der Waals surface area (Å²) in [5, 5.41) is 9.37. The Morgan fingerprint density at radius 2 is 1.89 bits per heavy atom. The fraction of sp³-hybridized carbons (Fsp3) is 0.462. The Morgan fingerprint density at radius 1 is 1.28 bits per heavy atom. The van der Waals surface area contributed by atoms with Gasteiger partial charge in [-0.05, 0) is 25.2 Å². The van der Waals surface area contributed by atoms with Gasteiger partial charge in [-0.2, -0.15) is 0 Å². The molecule has 98 valence electrons. The summed E-state index contributed by atoms with van der Waals surface area (Å²) in [6, 6.07) is 3.73. The van der Waals surface area contributed by atoms with Gasteiger partial charge in [0, 0.05) is 5.56 Å². The molecule has 4 nitrogen and oxygen atoms in total. The van der Waals surface area contributed by atoms with E-state index in [1.807, 2.05) is 18.4 Å². The first kappa shape index (κ1) is 13.1. The van der Waals surface area contributed by atoms with Crippen molar-refractivity contribution in [2.75, 3.05) is 20.5 Å². The third-order valence-corrected chi connectivity index (χ3v) is 4.14. The van der Waals surface area contributed by atoms with Crippen LogP contribution < -0.4 is 9.47 Å². The van der Waals surface area contributed by atoms with Crippen molar-refractivity contribution in [3.63, 3.8) is 0 Å². The van der Waals surface area contributed by atoms with Crippen LogP contribution in [-0.2, 0) is 10.2 Å². The second-order valence-corrected chi connectivity index (χ2v) is 5.12. The normalized spacial score (nSPS) is 16.2. The van der Waals surface area contributed by atoms with Gasteiger partial charge in [-0.1, -0.05) is 6.07 Å². The lowest BCUT2D eigenvalue weighted by Crippen LogP contribution is -2.20. The number of carboxylic acids is 1. The standard InChI is InChI=1S/C13H16O4S/c1-16-10-8(13(6-7-13)12(14)15)4-5-9(18-3)11(10)17-2/h4-5H,6-7H2,1-3H3,(H,14,15). The molecule has 1 aromatic carbocycles. The number of carboxylic acid groups (broad SMARTS) is 1. The van der Waals surface area contributed by atoms with Crippen LogP contribution in [0.3, 0.4) is 0 Å². The lowest BCUT2D eigenvalue weighted by atomic mass is 9.95. The molecule has 0 heterocycles. The van der Waals surface area contributed by atoms with Gasteiger partial charge >= 0.3 is 5.97 Å². The van der Waals surface area contributed by atoms with Crippen molar-refractivity contribution >= 4 is 17.7 Å². The maximum atomic E-state index is 11.4. The molecule has 0 unspecified atom stereocenters. The molecule has 5 heteroatoms. The highest BCUT2D eigenvalue weighted by Gasteiger charge is 2.54. The van der Waals surface area contributed by atoms with Gasteiger partial charge in [-0.3, -0.25) is 4.79 Å². The van der Waals surface area contributed by atoms with Crippen LogP contribution in [0.15, 0.2) is 17.0 Å². The van der Waals surface area contributed by atoms with Gasteiger partial charge in [0.25, 0.3) is 0 Å². The molecule has 1 saturated carbocycles. The first-order valence-electron chi connectivity index (χ1n) is 5.63. The van der Waals surface area contributed by atoms with E-state index in [9.17, 15) is 9.90 Å². The van der Waals surface area contributed by atoms with Gasteiger partial charge in [-0.25, -0.2) is 0 Å². The molecule has 0 amide bonds. The SMILES string of the molecule is COc1c(SC)ccc(C2(C(=O)O)CC2)c1OC. The van der Waals surface area contributed by atoms with Crippen LogP contribution >= 0.6 is 11.8 Å². The summed E-state index contributed by atoms with van der Waals surface area (Å²) in [7, 11) is 3.12. The maximum Gasteiger partial charge on any atom is 0.314 e. The summed E-state index contributed by atoms with van der Waals surface area (Å²) in [5.41, 5.74) is -0.0672. The molecule has 1 aliphatic rings. The molecule has 1 fully saturated rings. The van der Waals surface area contributed by atoms with E-state index < -0.39 is 11.4 Å². The molecule has 18 heavy (non-hydrogen) atoms. The highest BCUT2D eigenvalue weighted by Crippen LogP contribution is 2.54. The van der Waals surface area contributed by atoms with Crippen molar-refractivity contribution in [3.05, 3.63) is 17.7 Å². The quantitative estimate of drug-likeness (QED) is 0.832. The Kier molecular flexibility index (Phi) is 3.43. The molecule has 0 saturated heterocycles.